The summed E-state index contributed by atoms with van der Waals surface area (Å²) in [4.78, 5) is 12.6. The fraction of sp³-hybridized carbons (Fsp3) is 0.409. The number of rotatable bonds is 7. The second kappa shape index (κ2) is 8.16. The van der Waals surface area contributed by atoms with E-state index < -0.39 is 10.0 Å². The van der Waals surface area contributed by atoms with Crippen LogP contribution in [0.1, 0.15) is 40.7 Å². The van der Waals surface area contributed by atoms with E-state index in [1.54, 1.807) is 24.3 Å². The first-order valence-electron chi connectivity index (χ1n) is 10.0. The van der Waals surface area contributed by atoms with Gasteiger partial charge in [-0.1, -0.05) is 18.2 Å². The molecule has 6 nitrogen and oxygen atoms in total. The van der Waals surface area contributed by atoms with Crippen LogP contribution in [0.25, 0.3) is 0 Å². The van der Waals surface area contributed by atoms with Crippen LogP contribution in [-0.4, -0.2) is 28.0 Å². The van der Waals surface area contributed by atoms with Crippen molar-refractivity contribution < 1.29 is 17.9 Å². The van der Waals surface area contributed by atoms with E-state index in [1.165, 1.54) is 29.4 Å². The Balaban J connectivity index is 1.42. The maximum atomic E-state index is 12.6. The molecular formula is C22H26N2O4S. The number of hydrogen-bond donors (Lipinski definition) is 2. The Morgan fingerprint density at radius 1 is 1.03 bits per heavy atom. The molecule has 0 saturated heterocycles. The molecule has 154 valence electrons. The summed E-state index contributed by atoms with van der Waals surface area (Å²) < 4.78 is 32.3. The number of fused-ring (bicyclic) bond motifs is 2. The van der Waals surface area contributed by atoms with Gasteiger partial charge in [0.25, 0.3) is 0 Å². The summed E-state index contributed by atoms with van der Waals surface area (Å²) in [6.45, 7) is -0.273. The van der Waals surface area contributed by atoms with Crippen molar-refractivity contribution in [1.82, 2.24) is 4.72 Å². The predicted molar refractivity (Wildman–Crippen MR) is 113 cm³/mol. The Labute approximate surface area is 171 Å². The van der Waals surface area contributed by atoms with Crippen molar-refractivity contribution in [1.29, 1.82) is 0 Å². The molecule has 0 bridgehead atoms. The van der Waals surface area contributed by atoms with Gasteiger partial charge < -0.3 is 10.1 Å². The zero-order valence-electron chi connectivity index (χ0n) is 16.6. The van der Waals surface area contributed by atoms with Crippen LogP contribution < -0.4 is 14.8 Å². The van der Waals surface area contributed by atoms with Gasteiger partial charge in [-0.3, -0.25) is 4.79 Å². The molecule has 0 unspecified atom stereocenters. The summed E-state index contributed by atoms with van der Waals surface area (Å²) in [6.07, 6.45) is 6.26. The number of anilines is 1. The standard InChI is InChI=1S/C22H26N2O4S/c1-28-18-8-2-5-15(11-18)14-29(26,27)23-13-21(25)24-22-19-9-3-6-16(19)12-17-7-4-10-20(17)22/h2,5,8,11-12,23H,3-4,6-7,9-10,13-14H2,1H3,(H,24,25). The SMILES string of the molecule is COc1cccc(CS(=O)(=O)NCC(=O)Nc2c3c(cc4c2CCC4)CCC3)c1. The van der Waals surface area contributed by atoms with Crippen molar-refractivity contribution in [2.75, 3.05) is 19.0 Å². The number of carbonyl (C=O) groups is 1. The van der Waals surface area contributed by atoms with Gasteiger partial charge in [-0.15, -0.1) is 0 Å². The lowest BCUT2D eigenvalue weighted by Gasteiger charge is -2.16. The summed E-state index contributed by atoms with van der Waals surface area (Å²) in [5.74, 6) is 0.0732. The quantitative estimate of drug-likeness (QED) is 0.730. The average Bonchev–Trinajstić information content (AvgIpc) is 3.35. The Kier molecular flexibility index (Phi) is 5.61. The summed E-state index contributed by atoms with van der Waals surface area (Å²) in [5, 5.41) is 3.01. The van der Waals surface area contributed by atoms with E-state index in [4.69, 9.17) is 4.74 Å². The van der Waals surface area contributed by atoms with E-state index in [1.807, 2.05) is 0 Å². The maximum absolute atomic E-state index is 12.6. The average molecular weight is 415 g/mol. The van der Waals surface area contributed by atoms with E-state index in [2.05, 4.69) is 16.1 Å². The van der Waals surface area contributed by atoms with E-state index in [0.717, 1.165) is 44.2 Å². The fourth-order valence-corrected chi connectivity index (χ4v) is 5.43. The first-order chi connectivity index (χ1) is 13.9. The molecule has 0 saturated carbocycles. The molecule has 4 rings (SSSR count). The lowest BCUT2D eigenvalue weighted by molar-refractivity contribution is -0.115. The number of aryl methyl sites for hydroxylation is 2. The van der Waals surface area contributed by atoms with Crippen molar-refractivity contribution >= 4 is 21.6 Å². The second-order valence-electron chi connectivity index (χ2n) is 7.71. The van der Waals surface area contributed by atoms with Gasteiger partial charge in [0.15, 0.2) is 0 Å². The zero-order chi connectivity index (χ0) is 20.4. The second-order valence-corrected chi connectivity index (χ2v) is 9.52. The van der Waals surface area contributed by atoms with Gasteiger partial charge >= 0.3 is 0 Å². The molecule has 0 radical (unpaired) electrons. The van der Waals surface area contributed by atoms with E-state index in [9.17, 15) is 13.2 Å². The largest absolute Gasteiger partial charge is 0.497 e. The number of amides is 1. The molecule has 0 aliphatic heterocycles. The minimum Gasteiger partial charge on any atom is -0.497 e. The highest BCUT2D eigenvalue weighted by molar-refractivity contribution is 7.88. The molecule has 2 aliphatic carbocycles. The highest BCUT2D eigenvalue weighted by atomic mass is 32.2. The molecule has 29 heavy (non-hydrogen) atoms. The molecule has 2 aliphatic rings. The molecule has 0 heterocycles. The van der Waals surface area contributed by atoms with Gasteiger partial charge in [0.05, 0.1) is 19.4 Å². The minimum absolute atomic E-state index is 0.201. The summed E-state index contributed by atoms with van der Waals surface area (Å²) in [7, 11) is -2.10. The van der Waals surface area contributed by atoms with Crippen LogP contribution in [0, 0.1) is 0 Å². The summed E-state index contributed by atoms with van der Waals surface area (Å²) in [5.41, 5.74) is 6.68. The third kappa shape index (κ3) is 4.46. The van der Waals surface area contributed by atoms with E-state index in [-0.39, 0.29) is 18.2 Å². The number of methoxy groups -OCH3 is 1. The molecule has 2 aromatic carbocycles. The molecule has 0 spiro atoms. The summed E-state index contributed by atoms with van der Waals surface area (Å²) >= 11 is 0. The highest BCUT2D eigenvalue weighted by Crippen LogP contribution is 2.38. The van der Waals surface area contributed by atoms with Gasteiger partial charge in [-0.05, 0) is 78.5 Å². The molecule has 0 atom stereocenters. The van der Waals surface area contributed by atoms with Crippen LogP contribution in [0.4, 0.5) is 5.69 Å². The summed E-state index contributed by atoms with van der Waals surface area (Å²) in [6, 6.07) is 9.20. The lowest BCUT2D eigenvalue weighted by atomic mass is 9.98. The fourth-order valence-electron chi connectivity index (χ4n) is 4.36. The van der Waals surface area contributed by atoms with Crippen molar-refractivity contribution in [3.05, 3.63) is 58.1 Å². The predicted octanol–water partition coefficient (Wildman–Crippen LogP) is 2.73. The van der Waals surface area contributed by atoms with E-state index >= 15 is 0 Å². The Morgan fingerprint density at radius 3 is 2.38 bits per heavy atom. The lowest BCUT2D eigenvalue weighted by Crippen LogP contribution is -2.34. The number of hydrogen-bond acceptors (Lipinski definition) is 4. The Hall–Kier alpha value is -2.38. The van der Waals surface area contributed by atoms with Crippen LogP contribution in [0.15, 0.2) is 30.3 Å². The third-order valence-corrected chi connectivity index (χ3v) is 6.98. The molecular weight excluding hydrogens is 388 g/mol. The number of carbonyl (C=O) groups excluding carboxylic acids is 1. The van der Waals surface area contributed by atoms with Crippen LogP contribution >= 0.6 is 0 Å². The van der Waals surface area contributed by atoms with Crippen LogP contribution in [0.2, 0.25) is 0 Å². The first-order valence-corrected chi connectivity index (χ1v) is 11.7. The molecule has 0 fully saturated rings. The number of benzene rings is 2. The smallest absolute Gasteiger partial charge is 0.239 e. The molecule has 7 heteroatoms. The van der Waals surface area contributed by atoms with Crippen molar-refractivity contribution in [2.24, 2.45) is 0 Å². The number of sulfonamides is 1. The van der Waals surface area contributed by atoms with Crippen molar-refractivity contribution in [3.8, 4) is 5.75 Å². The van der Waals surface area contributed by atoms with Gasteiger partial charge in [0, 0.05) is 5.69 Å². The topological polar surface area (TPSA) is 84.5 Å². The van der Waals surface area contributed by atoms with Gasteiger partial charge in [0.2, 0.25) is 15.9 Å². The Bertz CT molecular complexity index is 1010. The number of ether oxygens (including phenoxy) is 1. The highest BCUT2D eigenvalue weighted by Gasteiger charge is 2.25. The molecule has 0 aromatic heterocycles. The van der Waals surface area contributed by atoms with Crippen LogP contribution in [0.5, 0.6) is 5.75 Å². The zero-order valence-corrected chi connectivity index (χ0v) is 17.4. The van der Waals surface area contributed by atoms with Gasteiger partial charge in [-0.25, -0.2) is 13.1 Å². The van der Waals surface area contributed by atoms with Crippen LogP contribution in [0.3, 0.4) is 0 Å². The molecule has 2 N–H and O–H groups in total. The van der Waals surface area contributed by atoms with E-state index in [0.29, 0.717) is 11.3 Å². The van der Waals surface area contributed by atoms with Crippen LogP contribution in [-0.2, 0) is 46.3 Å². The molecule has 1 amide bonds. The Morgan fingerprint density at radius 2 is 1.72 bits per heavy atom. The van der Waals surface area contributed by atoms with Gasteiger partial charge in [-0.2, -0.15) is 0 Å². The van der Waals surface area contributed by atoms with Gasteiger partial charge in [0.1, 0.15) is 5.75 Å². The van der Waals surface area contributed by atoms with Crippen molar-refractivity contribution in [3.63, 3.8) is 0 Å². The minimum atomic E-state index is -3.64. The number of nitrogens with one attached hydrogen (secondary N) is 2. The monoisotopic (exact) mass is 414 g/mol. The first kappa shape index (κ1) is 19.9. The molecule has 2 aromatic rings. The maximum Gasteiger partial charge on any atom is 0.239 e. The normalized spacial score (nSPS) is 15.1. The van der Waals surface area contributed by atoms with Crippen molar-refractivity contribution in [2.45, 2.75) is 44.3 Å². The third-order valence-electron chi connectivity index (χ3n) is 5.68.